The molecule has 3 rings (SSSR count). The highest BCUT2D eigenvalue weighted by Gasteiger charge is 2.17. The molecule has 0 radical (unpaired) electrons. The van der Waals surface area contributed by atoms with Gasteiger partial charge in [0.25, 0.3) is 0 Å². The third-order valence-electron chi connectivity index (χ3n) is 3.06. The summed E-state index contributed by atoms with van der Waals surface area (Å²) in [5, 5.41) is 0.916. The molecule has 0 bridgehead atoms. The van der Waals surface area contributed by atoms with Crippen molar-refractivity contribution in [2.75, 3.05) is 0 Å². The van der Waals surface area contributed by atoms with Crippen LogP contribution in [0.15, 0.2) is 56.0 Å². The fourth-order valence-corrected chi connectivity index (χ4v) is 3.69. The maximum atomic E-state index is 12.7. The van der Waals surface area contributed by atoms with Crippen LogP contribution in [-0.4, -0.2) is 10.8 Å². The Kier molecular flexibility index (Phi) is 3.84. The maximum absolute atomic E-state index is 12.7. The molecule has 1 aromatic heterocycles. The minimum absolute atomic E-state index is 0.00581. The summed E-state index contributed by atoms with van der Waals surface area (Å²) in [4.78, 5) is 15.8. The van der Waals surface area contributed by atoms with Crippen molar-refractivity contribution < 1.29 is 4.79 Å². The van der Waals surface area contributed by atoms with Crippen LogP contribution in [0.4, 0.5) is 0 Å². The van der Waals surface area contributed by atoms with E-state index in [2.05, 4.69) is 52.8 Å². The molecule has 1 N–H and O–H groups in total. The van der Waals surface area contributed by atoms with Crippen molar-refractivity contribution in [3.63, 3.8) is 0 Å². The second kappa shape index (κ2) is 5.47. The lowest BCUT2D eigenvalue weighted by Gasteiger charge is -2.04. The number of rotatable bonds is 2. The molecule has 0 aliphatic heterocycles. The SMILES string of the molecule is O=C(c1ccc(Br)cc1Br)c1c[nH]c2ccc(Br)cc12. The zero-order chi connectivity index (χ0) is 14.3. The number of aromatic amines is 1. The molecule has 0 aliphatic carbocycles. The Bertz CT molecular complexity index is 823. The number of ketones is 1. The van der Waals surface area contributed by atoms with Crippen molar-refractivity contribution >= 4 is 64.5 Å². The normalized spacial score (nSPS) is 10.9. The number of H-pyrrole nitrogens is 1. The second-order valence-electron chi connectivity index (χ2n) is 4.35. The smallest absolute Gasteiger partial charge is 0.196 e. The second-order valence-corrected chi connectivity index (χ2v) is 7.03. The van der Waals surface area contributed by atoms with E-state index < -0.39 is 0 Å². The molecule has 0 fully saturated rings. The molecule has 5 heteroatoms. The molecular formula is C15H8Br3NO. The van der Waals surface area contributed by atoms with Gasteiger partial charge in [0.2, 0.25) is 0 Å². The van der Waals surface area contributed by atoms with E-state index in [4.69, 9.17) is 0 Å². The molecule has 2 aromatic carbocycles. The van der Waals surface area contributed by atoms with Crippen molar-refractivity contribution in [2.45, 2.75) is 0 Å². The van der Waals surface area contributed by atoms with E-state index in [0.717, 1.165) is 24.3 Å². The number of benzene rings is 2. The summed E-state index contributed by atoms with van der Waals surface area (Å²) in [6.45, 7) is 0. The van der Waals surface area contributed by atoms with Crippen molar-refractivity contribution in [1.29, 1.82) is 0 Å². The van der Waals surface area contributed by atoms with E-state index >= 15 is 0 Å². The van der Waals surface area contributed by atoms with E-state index in [1.165, 1.54) is 0 Å². The number of carbonyl (C=O) groups is 1. The molecule has 0 saturated heterocycles. The zero-order valence-electron chi connectivity index (χ0n) is 10.1. The van der Waals surface area contributed by atoms with Gasteiger partial charge < -0.3 is 4.98 Å². The highest BCUT2D eigenvalue weighted by Crippen LogP contribution is 2.28. The molecule has 0 spiro atoms. The minimum Gasteiger partial charge on any atom is -0.360 e. The van der Waals surface area contributed by atoms with Crippen molar-refractivity contribution in [2.24, 2.45) is 0 Å². The van der Waals surface area contributed by atoms with Crippen LogP contribution < -0.4 is 0 Å². The Morgan fingerprint density at radius 2 is 1.60 bits per heavy atom. The molecule has 2 nitrogen and oxygen atoms in total. The largest absolute Gasteiger partial charge is 0.360 e. The summed E-state index contributed by atoms with van der Waals surface area (Å²) >= 11 is 10.3. The number of aromatic nitrogens is 1. The highest BCUT2D eigenvalue weighted by atomic mass is 79.9. The van der Waals surface area contributed by atoms with Crippen LogP contribution in [0.5, 0.6) is 0 Å². The van der Waals surface area contributed by atoms with Gasteiger partial charge in [-0.15, -0.1) is 0 Å². The zero-order valence-corrected chi connectivity index (χ0v) is 14.8. The fourth-order valence-electron chi connectivity index (χ4n) is 2.10. The van der Waals surface area contributed by atoms with Gasteiger partial charge in [0, 0.05) is 41.6 Å². The lowest BCUT2D eigenvalue weighted by Crippen LogP contribution is -2.01. The van der Waals surface area contributed by atoms with Crippen molar-refractivity contribution in [3.8, 4) is 0 Å². The third kappa shape index (κ3) is 2.50. The van der Waals surface area contributed by atoms with Gasteiger partial charge in [-0.2, -0.15) is 0 Å². The minimum atomic E-state index is -0.00581. The summed E-state index contributed by atoms with van der Waals surface area (Å²) in [5.41, 5.74) is 2.27. The molecule has 0 aliphatic rings. The van der Waals surface area contributed by atoms with Gasteiger partial charge >= 0.3 is 0 Å². The predicted octanol–water partition coefficient (Wildman–Crippen LogP) is 5.69. The first-order chi connectivity index (χ1) is 9.56. The quantitative estimate of drug-likeness (QED) is 0.493. The Morgan fingerprint density at radius 3 is 2.35 bits per heavy atom. The lowest BCUT2D eigenvalue weighted by atomic mass is 10.0. The van der Waals surface area contributed by atoms with Gasteiger partial charge in [-0.25, -0.2) is 0 Å². The fraction of sp³-hybridized carbons (Fsp3) is 0. The van der Waals surface area contributed by atoms with Crippen LogP contribution >= 0.6 is 47.8 Å². The number of halogens is 3. The Balaban J connectivity index is 2.15. The van der Waals surface area contributed by atoms with E-state index in [1.807, 2.05) is 36.4 Å². The van der Waals surface area contributed by atoms with Crippen molar-refractivity contribution in [3.05, 3.63) is 67.1 Å². The van der Waals surface area contributed by atoms with Gasteiger partial charge in [0.15, 0.2) is 5.78 Å². The molecule has 20 heavy (non-hydrogen) atoms. The Labute approximate surface area is 141 Å². The first-order valence-corrected chi connectivity index (χ1v) is 8.20. The average molecular weight is 458 g/mol. The topological polar surface area (TPSA) is 32.9 Å². The summed E-state index contributed by atoms with van der Waals surface area (Å²) in [5.74, 6) is -0.00581. The Hall–Kier alpha value is -0.910. The van der Waals surface area contributed by atoms with E-state index in [-0.39, 0.29) is 5.78 Å². The van der Waals surface area contributed by atoms with E-state index in [0.29, 0.717) is 11.1 Å². The van der Waals surface area contributed by atoms with Crippen LogP contribution in [0.3, 0.4) is 0 Å². The average Bonchev–Trinajstić information content (AvgIpc) is 2.81. The molecule has 1 heterocycles. The number of hydrogen-bond acceptors (Lipinski definition) is 1. The van der Waals surface area contributed by atoms with E-state index in [9.17, 15) is 4.79 Å². The number of nitrogens with one attached hydrogen (secondary N) is 1. The van der Waals surface area contributed by atoms with Crippen molar-refractivity contribution in [1.82, 2.24) is 4.98 Å². The molecule has 0 amide bonds. The van der Waals surface area contributed by atoms with Gasteiger partial charge in [-0.05, 0) is 52.3 Å². The molecule has 0 unspecified atom stereocenters. The summed E-state index contributed by atoms with van der Waals surface area (Å²) in [7, 11) is 0. The monoisotopic (exact) mass is 455 g/mol. The van der Waals surface area contributed by atoms with Gasteiger partial charge in [0.1, 0.15) is 0 Å². The number of fused-ring (bicyclic) bond motifs is 1. The molecule has 3 aromatic rings. The molecular weight excluding hydrogens is 450 g/mol. The van der Waals surface area contributed by atoms with Crippen LogP contribution in [0.2, 0.25) is 0 Å². The van der Waals surface area contributed by atoms with Crippen LogP contribution in [-0.2, 0) is 0 Å². The summed E-state index contributed by atoms with van der Waals surface area (Å²) in [6, 6.07) is 11.4. The maximum Gasteiger partial charge on any atom is 0.196 e. The third-order valence-corrected chi connectivity index (χ3v) is 4.71. The lowest BCUT2D eigenvalue weighted by molar-refractivity contribution is 0.103. The molecule has 100 valence electrons. The summed E-state index contributed by atoms with van der Waals surface area (Å²) < 4.78 is 2.66. The molecule has 0 saturated carbocycles. The van der Waals surface area contributed by atoms with Crippen LogP contribution in [0.25, 0.3) is 10.9 Å². The number of carbonyl (C=O) groups excluding carboxylic acids is 1. The summed E-state index contributed by atoms with van der Waals surface area (Å²) in [6.07, 6.45) is 1.76. The number of hydrogen-bond donors (Lipinski definition) is 1. The van der Waals surface area contributed by atoms with Crippen LogP contribution in [0.1, 0.15) is 15.9 Å². The van der Waals surface area contributed by atoms with Gasteiger partial charge in [-0.1, -0.05) is 31.9 Å². The van der Waals surface area contributed by atoms with Gasteiger partial charge in [-0.3, -0.25) is 4.79 Å². The van der Waals surface area contributed by atoms with E-state index in [1.54, 1.807) is 6.20 Å². The molecule has 0 atom stereocenters. The van der Waals surface area contributed by atoms with Crippen LogP contribution in [0, 0.1) is 0 Å². The van der Waals surface area contributed by atoms with Gasteiger partial charge in [0.05, 0.1) is 0 Å². The first kappa shape index (κ1) is 14.0. The Morgan fingerprint density at radius 1 is 0.900 bits per heavy atom. The predicted molar refractivity (Wildman–Crippen MR) is 91.3 cm³/mol. The first-order valence-electron chi connectivity index (χ1n) is 5.82. The highest BCUT2D eigenvalue weighted by molar-refractivity contribution is 9.11. The standard InChI is InChI=1S/C15H8Br3NO/c16-8-2-4-14-11(5-8)12(7-19-14)15(20)10-3-1-9(17)6-13(10)18/h1-7,19H.